The molecule has 1 aromatic heterocycles. The zero-order chi connectivity index (χ0) is 22.2. The number of aromatic amines is 1. The van der Waals surface area contributed by atoms with Crippen LogP contribution in [0.25, 0.3) is 11.3 Å². The number of carbonyl (C=O) groups is 2. The average molecular weight is 425 g/mol. The van der Waals surface area contributed by atoms with Crippen LogP contribution in [0.2, 0.25) is 0 Å². The molecule has 0 aliphatic carbocycles. The second kappa shape index (κ2) is 7.70. The van der Waals surface area contributed by atoms with Crippen molar-refractivity contribution >= 4 is 17.6 Å². The van der Waals surface area contributed by atoms with Gasteiger partial charge < -0.3 is 9.84 Å². The number of H-pyrrole nitrogens is 1. The number of nitrogens with one attached hydrogen (secondary N) is 1. The molecule has 1 aliphatic rings. The number of fused-ring (bicyclic) bond motifs is 1. The van der Waals surface area contributed by atoms with E-state index in [0.717, 1.165) is 16.7 Å². The molecule has 3 aromatic carbocycles. The molecule has 5 rings (SSSR count). The molecule has 0 spiro atoms. The fourth-order valence-corrected chi connectivity index (χ4v) is 4.12. The first-order chi connectivity index (χ1) is 15.6. The summed E-state index contributed by atoms with van der Waals surface area (Å²) in [5.74, 6) is -0.575. The van der Waals surface area contributed by atoms with Gasteiger partial charge in [0.15, 0.2) is 0 Å². The van der Waals surface area contributed by atoms with Gasteiger partial charge >= 0.3 is 5.97 Å². The molecular weight excluding hydrogens is 406 g/mol. The number of hydrogen-bond acceptors (Lipinski definition) is 4. The SMILES string of the molecule is COc1cccc([C@H]2c3c(-c4ccccc4)n[nH]c3C(=O)N2c2ccc(C(=O)O)cc2)c1. The summed E-state index contributed by atoms with van der Waals surface area (Å²) in [5, 5.41) is 16.6. The minimum atomic E-state index is -1.02. The normalized spacial score (nSPS) is 15.0. The van der Waals surface area contributed by atoms with E-state index in [1.54, 1.807) is 24.1 Å². The van der Waals surface area contributed by atoms with Crippen molar-refractivity contribution in [2.75, 3.05) is 12.0 Å². The third-order valence-corrected chi connectivity index (χ3v) is 5.62. The summed E-state index contributed by atoms with van der Waals surface area (Å²) < 4.78 is 5.42. The lowest BCUT2D eigenvalue weighted by Gasteiger charge is -2.27. The molecule has 2 heterocycles. The van der Waals surface area contributed by atoms with Crippen LogP contribution in [0.1, 0.15) is 38.0 Å². The third-order valence-electron chi connectivity index (χ3n) is 5.62. The highest BCUT2D eigenvalue weighted by molar-refractivity contribution is 6.11. The van der Waals surface area contributed by atoms with E-state index in [1.807, 2.05) is 54.6 Å². The van der Waals surface area contributed by atoms with Gasteiger partial charge in [-0.15, -0.1) is 0 Å². The molecule has 0 unspecified atom stereocenters. The van der Waals surface area contributed by atoms with Gasteiger partial charge in [0.05, 0.1) is 24.4 Å². The highest BCUT2D eigenvalue weighted by Gasteiger charge is 2.43. The van der Waals surface area contributed by atoms with Crippen LogP contribution in [0.15, 0.2) is 78.9 Å². The fourth-order valence-electron chi connectivity index (χ4n) is 4.12. The number of aromatic nitrogens is 2. The highest BCUT2D eigenvalue weighted by atomic mass is 16.5. The maximum atomic E-state index is 13.5. The van der Waals surface area contributed by atoms with Crippen molar-refractivity contribution in [1.82, 2.24) is 10.2 Å². The Labute approximate surface area is 183 Å². The number of ether oxygens (including phenoxy) is 1. The predicted octanol–water partition coefficient (Wildman–Crippen LogP) is 4.53. The zero-order valence-electron chi connectivity index (χ0n) is 17.1. The number of carbonyl (C=O) groups excluding carboxylic acids is 1. The van der Waals surface area contributed by atoms with Crippen LogP contribution in [-0.4, -0.2) is 34.3 Å². The number of anilines is 1. The molecule has 1 aliphatic heterocycles. The molecule has 1 amide bonds. The Morgan fingerprint density at radius 3 is 2.47 bits per heavy atom. The van der Waals surface area contributed by atoms with E-state index in [1.165, 1.54) is 12.1 Å². The van der Waals surface area contributed by atoms with Crippen molar-refractivity contribution in [2.45, 2.75) is 6.04 Å². The lowest BCUT2D eigenvalue weighted by molar-refractivity contribution is 0.0696. The summed E-state index contributed by atoms with van der Waals surface area (Å²) in [6.45, 7) is 0. The van der Waals surface area contributed by atoms with Gasteiger partial charge in [-0.05, 0) is 42.0 Å². The summed E-state index contributed by atoms with van der Waals surface area (Å²) in [6.07, 6.45) is 0. The van der Waals surface area contributed by atoms with E-state index in [9.17, 15) is 14.7 Å². The molecule has 4 aromatic rings. The summed E-state index contributed by atoms with van der Waals surface area (Å²) >= 11 is 0. The lowest BCUT2D eigenvalue weighted by Crippen LogP contribution is -2.29. The van der Waals surface area contributed by atoms with Gasteiger partial charge in [-0.1, -0.05) is 42.5 Å². The zero-order valence-corrected chi connectivity index (χ0v) is 17.1. The quantitative estimate of drug-likeness (QED) is 0.490. The number of hydrogen-bond donors (Lipinski definition) is 2. The number of nitrogens with zero attached hydrogens (tertiary/aromatic N) is 2. The first-order valence-corrected chi connectivity index (χ1v) is 10.0. The molecule has 2 N–H and O–H groups in total. The Bertz CT molecular complexity index is 1310. The van der Waals surface area contributed by atoms with Gasteiger partial charge in [-0.3, -0.25) is 14.8 Å². The molecule has 0 radical (unpaired) electrons. The second-order valence-electron chi connectivity index (χ2n) is 7.43. The lowest BCUT2D eigenvalue weighted by atomic mass is 9.95. The fraction of sp³-hybridized carbons (Fsp3) is 0.0800. The van der Waals surface area contributed by atoms with Gasteiger partial charge in [-0.25, -0.2) is 4.79 Å². The van der Waals surface area contributed by atoms with Crippen molar-refractivity contribution in [1.29, 1.82) is 0 Å². The van der Waals surface area contributed by atoms with E-state index in [-0.39, 0.29) is 11.5 Å². The van der Waals surface area contributed by atoms with Crippen molar-refractivity contribution in [3.8, 4) is 17.0 Å². The van der Waals surface area contributed by atoms with Crippen LogP contribution >= 0.6 is 0 Å². The average Bonchev–Trinajstić information content (AvgIpc) is 3.38. The van der Waals surface area contributed by atoms with Gasteiger partial charge in [0.1, 0.15) is 11.4 Å². The molecule has 7 heteroatoms. The van der Waals surface area contributed by atoms with Crippen LogP contribution in [0, 0.1) is 0 Å². The molecule has 158 valence electrons. The maximum Gasteiger partial charge on any atom is 0.335 e. The van der Waals surface area contributed by atoms with Crippen LogP contribution in [-0.2, 0) is 0 Å². The van der Waals surface area contributed by atoms with Crippen LogP contribution in [0.3, 0.4) is 0 Å². The smallest absolute Gasteiger partial charge is 0.335 e. The Hall–Kier alpha value is -4.39. The van der Waals surface area contributed by atoms with Crippen molar-refractivity contribution in [3.05, 3.63) is 101 Å². The van der Waals surface area contributed by atoms with Gasteiger partial charge in [0.25, 0.3) is 5.91 Å². The van der Waals surface area contributed by atoms with Crippen molar-refractivity contribution in [2.24, 2.45) is 0 Å². The highest BCUT2D eigenvalue weighted by Crippen LogP contribution is 2.45. The number of amides is 1. The Morgan fingerprint density at radius 2 is 1.78 bits per heavy atom. The van der Waals surface area contributed by atoms with E-state index < -0.39 is 12.0 Å². The van der Waals surface area contributed by atoms with Crippen molar-refractivity contribution < 1.29 is 19.4 Å². The summed E-state index contributed by atoms with van der Waals surface area (Å²) in [4.78, 5) is 26.5. The predicted molar refractivity (Wildman–Crippen MR) is 119 cm³/mol. The maximum absolute atomic E-state index is 13.5. The molecule has 0 saturated heterocycles. The number of methoxy groups -OCH3 is 1. The molecule has 0 bridgehead atoms. The molecule has 0 saturated carbocycles. The topological polar surface area (TPSA) is 95.5 Å². The molecule has 0 fully saturated rings. The largest absolute Gasteiger partial charge is 0.497 e. The van der Waals surface area contributed by atoms with Crippen LogP contribution in [0.5, 0.6) is 5.75 Å². The Balaban J connectivity index is 1.70. The number of aromatic carboxylic acids is 1. The summed E-state index contributed by atoms with van der Waals surface area (Å²) in [5.41, 5.74) is 4.40. The number of carboxylic acids is 1. The monoisotopic (exact) mass is 425 g/mol. The molecule has 32 heavy (non-hydrogen) atoms. The van der Waals surface area contributed by atoms with E-state index in [0.29, 0.717) is 22.8 Å². The minimum Gasteiger partial charge on any atom is -0.497 e. The van der Waals surface area contributed by atoms with E-state index in [4.69, 9.17) is 4.74 Å². The van der Waals surface area contributed by atoms with Gasteiger partial charge in [-0.2, -0.15) is 5.10 Å². The minimum absolute atomic E-state index is 0.156. The molecule has 1 atom stereocenters. The molecule has 7 nitrogen and oxygen atoms in total. The summed E-state index contributed by atoms with van der Waals surface area (Å²) in [6, 6.07) is 23.1. The molecular formula is C25H19N3O4. The van der Waals surface area contributed by atoms with Gasteiger partial charge in [0.2, 0.25) is 0 Å². The van der Waals surface area contributed by atoms with Gasteiger partial charge in [0, 0.05) is 16.8 Å². The first kappa shape index (κ1) is 19.6. The summed E-state index contributed by atoms with van der Waals surface area (Å²) in [7, 11) is 1.60. The Morgan fingerprint density at radius 1 is 1.03 bits per heavy atom. The third kappa shape index (κ3) is 3.11. The van der Waals surface area contributed by atoms with Crippen LogP contribution < -0.4 is 9.64 Å². The second-order valence-corrected chi connectivity index (χ2v) is 7.43. The number of rotatable bonds is 5. The van der Waals surface area contributed by atoms with E-state index >= 15 is 0 Å². The number of carboxylic acid groups (broad SMARTS) is 1. The standard InChI is InChI=1S/C25H19N3O4/c1-32-19-9-5-8-17(14-19)23-20-21(15-6-3-2-4-7-15)26-27-22(20)24(29)28(23)18-12-10-16(11-13-18)25(30)31/h2-14,23H,1H3,(H,26,27)(H,30,31)/t23-/m0/s1. The first-order valence-electron chi connectivity index (χ1n) is 10.0. The van der Waals surface area contributed by atoms with E-state index in [2.05, 4.69) is 10.2 Å². The number of benzene rings is 3. The van der Waals surface area contributed by atoms with Crippen LogP contribution in [0.4, 0.5) is 5.69 Å². The van der Waals surface area contributed by atoms with Crippen molar-refractivity contribution in [3.63, 3.8) is 0 Å². The Kier molecular flexibility index (Phi) is 4.71.